The summed E-state index contributed by atoms with van der Waals surface area (Å²) in [6, 6.07) is 5.30. The van der Waals surface area contributed by atoms with Crippen molar-refractivity contribution in [1.29, 1.82) is 5.26 Å². The van der Waals surface area contributed by atoms with Crippen LogP contribution in [0.4, 0.5) is 0 Å². The van der Waals surface area contributed by atoms with Gasteiger partial charge in [-0.1, -0.05) is 18.5 Å². The normalized spacial score (nSPS) is 12.1. The van der Waals surface area contributed by atoms with Gasteiger partial charge in [-0.25, -0.2) is 4.98 Å². The highest BCUT2D eigenvalue weighted by Crippen LogP contribution is 2.23. The molecule has 0 saturated heterocycles. The van der Waals surface area contributed by atoms with Gasteiger partial charge in [-0.15, -0.1) is 0 Å². The zero-order chi connectivity index (χ0) is 13.7. The van der Waals surface area contributed by atoms with Crippen molar-refractivity contribution in [2.45, 2.75) is 25.9 Å². The minimum atomic E-state index is -0.167. The SMILES string of the molecule is CCCC(OC)c1noc(-c2ccnc(C#N)c2)n1. The summed E-state index contributed by atoms with van der Waals surface area (Å²) in [4.78, 5) is 8.20. The van der Waals surface area contributed by atoms with Crippen molar-refractivity contribution in [3.8, 4) is 17.5 Å². The maximum Gasteiger partial charge on any atom is 0.258 e. The molecular formula is C13H14N4O2. The van der Waals surface area contributed by atoms with E-state index in [2.05, 4.69) is 22.0 Å². The molecular weight excluding hydrogens is 244 g/mol. The van der Waals surface area contributed by atoms with Crippen LogP contribution >= 0.6 is 0 Å². The Morgan fingerprint density at radius 3 is 3.05 bits per heavy atom. The molecule has 0 fully saturated rings. The Hall–Kier alpha value is -2.26. The molecule has 1 unspecified atom stereocenters. The molecule has 0 amide bonds. The Balaban J connectivity index is 2.27. The molecule has 0 aromatic carbocycles. The summed E-state index contributed by atoms with van der Waals surface area (Å²) in [6.45, 7) is 2.06. The first-order valence-corrected chi connectivity index (χ1v) is 6.01. The molecule has 2 aromatic rings. The average molecular weight is 258 g/mol. The van der Waals surface area contributed by atoms with E-state index in [1.54, 1.807) is 19.2 Å². The molecule has 0 aliphatic rings. The van der Waals surface area contributed by atoms with E-state index >= 15 is 0 Å². The number of hydrogen-bond donors (Lipinski definition) is 0. The Bertz CT molecular complexity index is 588. The van der Waals surface area contributed by atoms with Gasteiger partial charge in [-0.2, -0.15) is 10.2 Å². The highest BCUT2D eigenvalue weighted by molar-refractivity contribution is 5.54. The van der Waals surface area contributed by atoms with Gasteiger partial charge < -0.3 is 9.26 Å². The van der Waals surface area contributed by atoms with E-state index in [1.165, 1.54) is 6.20 Å². The van der Waals surface area contributed by atoms with Gasteiger partial charge in [0.15, 0.2) is 0 Å². The van der Waals surface area contributed by atoms with Crippen LogP contribution in [-0.2, 0) is 4.74 Å². The topological polar surface area (TPSA) is 84.8 Å². The fraction of sp³-hybridized carbons (Fsp3) is 0.385. The van der Waals surface area contributed by atoms with Crippen LogP contribution in [0.1, 0.15) is 37.4 Å². The summed E-state index contributed by atoms with van der Waals surface area (Å²) in [5.41, 5.74) is 0.991. The third-order valence-electron chi connectivity index (χ3n) is 2.69. The van der Waals surface area contributed by atoms with E-state index in [4.69, 9.17) is 14.5 Å². The quantitative estimate of drug-likeness (QED) is 0.819. The maximum absolute atomic E-state index is 8.81. The summed E-state index contributed by atoms with van der Waals surface area (Å²) in [5, 5.41) is 12.7. The zero-order valence-electron chi connectivity index (χ0n) is 10.8. The first kappa shape index (κ1) is 13.2. The Labute approximate surface area is 111 Å². The molecule has 2 aromatic heterocycles. The predicted octanol–water partition coefficient (Wildman–Crippen LogP) is 2.49. The Morgan fingerprint density at radius 1 is 1.53 bits per heavy atom. The monoisotopic (exact) mass is 258 g/mol. The first-order valence-electron chi connectivity index (χ1n) is 6.01. The molecule has 0 aliphatic carbocycles. The van der Waals surface area contributed by atoms with Gasteiger partial charge in [-0.3, -0.25) is 0 Å². The number of nitrogens with zero attached hydrogens (tertiary/aromatic N) is 4. The van der Waals surface area contributed by atoms with Crippen LogP contribution < -0.4 is 0 Å². The number of hydrogen-bond acceptors (Lipinski definition) is 6. The van der Waals surface area contributed by atoms with Crippen LogP contribution in [0.5, 0.6) is 0 Å². The maximum atomic E-state index is 8.81. The second-order valence-electron chi connectivity index (χ2n) is 4.01. The van der Waals surface area contributed by atoms with Gasteiger partial charge in [0.25, 0.3) is 5.89 Å². The Morgan fingerprint density at radius 2 is 2.37 bits per heavy atom. The van der Waals surface area contributed by atoms with Crippen molar-refractivity contribution in [2.75, 3.05) is 7.11 Å². The van der Waals surface area contributed by atoms with Crippen molar-refractivity contribution < 1.29 is 9.26 Å². The van der Waals surface area contributed by atoms with Gasteiger partial charge in [0, 0.05) is 18.9 Å². The lowest BCUT2D eigenvalue weighted by Gasteiger charge is -2.08. The number of rotatable bonds is 5. The molecule has 0 spiro atoms. The molecule has 19 heavy (non-hydrogen) atoms. The average Bonchev–Trinajstić information content (AvgIpc) is 2.94. The highest BCUT2D eigenvalue weighted by atomic mass is 16.5. The summed E-state index contributed by atoms with van der Waals surface area (Å²) in [6.07, 6.45) is 3.17. The smallest absolute Gasteiger partial charge is 0.258 e. The van der Waals surface area contributed by atoms with E-state index < -0.39 is 0 Å². The van der Waals surface area contributed by atoms with Crippen molar-refractivity contribution in [3.05, 3.63) is 29.8 Å². The molecule has 98 valence electrons. The predicted molar refractivity (Wildman–Crippen MR) is 66.9 cm³/mol. The van der Waals surface area contributed by atoms with Gasteiger partial charge in [0.1, 0.15) is 17.9 Å². The van der Waals surface area contributed by atoms with Gasteiger partial charge >= 0.3 is 0 Å². The van der Waals surface area contributed by atoms with Gasteiger partial charge in [0.05, 0.1) is 0 Å². The molecule has 0 saturated carbocycles. The lowest BCUT2D eigenvalue weighted by Crippen LogP contribution is -2.03. The second-order valence-corrected chi connectivity index (χ2v) is 4.01. The summed E-state index contributed by atoms with van der Waals surface area (Å²) in [7, 11) is 1.62. The van der Waals surface area contributed by atoms with Crippen LogP contribution in [-0.4, -0.2) is 22.2 Å². The Kier molecular flexibility index (Phi) is 4.21. The molecule has 0 bridgehead atoms. The molecule has 6 nitrogen and oxygen atoms in total. The van der Waals surface area contributed by atoms with Crippen LogP contribution in [0.25, 0.3) is 11.5 Å². The minimum absolute atomic E-state index is 0.167. The van der Waals surface area contributed by atoms with Crippen LogP contribution in [0, 0.1) is 11.3 Å². The molecule has 1 atom stereocenters. The number of nitriles is 1. The van der Waals surface area contributed by atoms with Crippen LogP contribution in [0.15, 0.2) is 22.9 Å². The van der Waals surface area contributed by atoms with Gasteiger partial charge in [0.2, 0.25) is 5.82 Å². The third-order valence-corrected chi connectivity index (χ3v) is 2.69. The standard InChI is InChI=1S/C13H14N4O2/c1-3-4-11(18-2)12-16-13(19-17-12)9-5-6-15-10(7-9)8-14/h5-7,11H,3-4H2,1-2H3. The lowest BCUT2D eigenvalue weighted by molar-refractivity contribution is 0.0854. The molecule has 2 rings (SSSR count). The summed E-state index contributed by atoms with van der Waals surface area (Å²) >= 11 is 0. The van der Waals surface area contributed by atoms with Crippen molar-refractivity contribution in [3.63, 3.8) is 0 Å². The summed E-state index contributed by atoms with van der Waals surface area (Å²) in [5.74, 6) is 0.890. The summed E-state index contributed by atoms with van der Waals surface area (Å²) < 4.78 is 10.5. The number of ether oxygens (including phenoxy) is 1. The van der Waals surface area contributed by atoms with E-state index in [-0.39, 0.29) is 6.10 Å². The van der Waals surface area contributed by atoms with E-state index in [0.29, 0.717) is 23.0 Å². The van der Waals surface area contributed by atoms with Crippen molar-refractivity contribution >= 4 is 0 Å². The largest absolute Gasteiger partial charge is 0.373 e. The number of aromatic nitrogens is 3. The number of methoxy groups -OCH3 is 1. The third kappa shape index (κ3) is 2.95. The minimum Gasteiger partial charge on any atom is -0.373 e. The molecule has 0 N–H and O–H groups in total. The van der Waals surface area contributed by atoms with E-state index in [1.807, 2.05) is 6.07 Å². The van der Waals surface area contributed by atoms with E-state index in [9.17, 15) is 0 Å². The van der Waals surface area contributed by atoms with Crippen molar-refractivity contribution in [1.82, 2.24) is 15.1 Å². The lowest BCUT2D eigenvalue weighted by atomic mass is 10.2. The first-order chi connectivity index (χ1) is 9.28. The molecule has 0 radical (unpaired) electrons. The highest BCUT2D eigenvalue weighted by Gasteiger charge is 2.17. The van der Waals surface area contributed by atoms with Gasteiger partial charge in [-0.05, 0) is 18.6 Å². The zero-order valence-corrected chi connectivity index (χ0v) is 10.8. The second kappa shape index (κ2) is 6.07. The van der Waals surface area contributed by atoms with Crippen molar-refractivity contribution in [2.24, 2.45) is 0 Å². The fourth-order valence-electron chi connectivity index (χ4n) is 1.72. The molecule has 0 aliphatic heterocycles. The fourth-order valence-corrected chi connectivity index (χ4v) is 1.72. The molecule has 2 heterocycles. The van der Waals surface area contributed by atoms with E-state index in [0.717, 1.165) is 12.8 Å². The van der Waals surface area contributed by atoms with Crippen LogP contribution in [0.2, 0.25) is 0 Å². The number of pyridine rings is 1. The van der Waals surface area contributed by atoms with Crippen LogP contribution in [0.3, 0.4) is 0 Å². The molecule has 6 heteroatoms.